The molecule has 0 radical (unpaired) electrons. The molecule has 2 N–H and O–H groups in total. The van der Waals surface area contributed by atoms with Gasteiger partial charge in [0.15, 0.2) is 0 Å². The average Bonchev–Trinajstić information content (AvgIpc) is 2.87. The Hall–Kier alpha value is -2.22. The van der Waals surface area contributed by atoms with Crippen LogP contribution in [0.15, 0.2) is 48.7 Å². The lowest BCUT2D eigenvalue weighted by Crippen LogP contribution is -1.99. The maximum absolute atomic E-state index is 3.48. The number of H-pyrrole nitrogens is 1. The van der Waals surface area contributed by atoms with Gasteiger partial charge in [-0.2, -0.15) is 0 Å². The maximum Gasteiger partial charge on any atom is 0.0454 e. The number of fused-ring (bicyclic) bond motifs is 1. The van der Waals surface area contributed by atoms with E-state index >= 15 is 0 Å². The van der Waals surface area contributed by atoms with Crippen molar-refractivity contribution in [2.75, 3.05) is 5.32 Å². The van der Waals surface area contributed by atoms with Crippen LogP contribution in [0.3, 0.4) is 0 Å². The molecule has 2 aromatic carbocycles. The number of rotatable bonds is 3. The minimum atomic E-state index is 0.851. The van der Waals surface area contributed by atoms with Gasteiger partial charge in [-0.25, -0.2) is 0 Å². The molecule has 96 valence electrons. The molecule has 0 fully saturated rings. The summed E-state index contributed by atoms with van der Waals surface area (Å²) in [6.07, 6.45) is 1.98. The molecule has 2 heteroatoms. The van der Waals surface area contributed by atoms with Crippen molar-refractivity contribution in [3.05, 3.63) is 65.4 Å². The molecule has 0 aliphatic carbocycles. The van der Waals surface area contributed by atoms with Gasteiger partial charge >= 0.3 is 0 Å². The summed E-state index contributed by atoms with van der Waals surface area (Å²) in [6, 6.07) is 15.1. The molecule has 0 unspecified atom stereocenters. The zero-order valence-electron chi connectivity index (χ0n) is 11.3. The Morgan fingerprint density at radius 3 is 2.68 bits per heavy atom. The van der Waals surface area contributed by atoms with Gasteiger partial charge in [0.05, 0.1) is 0 Å². The van der Waals surface area contributed by atoms with Gasteiger partial charge in [0, 0.05) is 23.9 Å². The summed E-state index contributed by atoms with van der Waals surface area (Å²) < 4.78 is 0. The average molecular weight is 250 g/mol. The summed E-state index contributed by atoms with van der Waals surface area (Å²) in [5.74, 6) is 0. The van der Waals surface area contributed by atoms with E-state index in [1.807, 2.05) is 6.20 Å². The summed E-state index contributed by atoms with van der Waals surface area (Å²) in [7, 11) is 0. The minimum Gasteiger partial charge on any atom is -0.381 e. The van der Waals surface area contributed by atoms with Crippen LogP contribution in [0.25, 0.3) is 10.9 Å². The van der Waals surface area contributed by atoms with Crippen LogP contribution in [0.2, 0.25) is 0 Å². The summed E-state index contributed by atoms with van der Waals surface area (Å²) in [5.41, 5.74) is 6.32. The number of aryl methyl sites for hydroxylation is 2. The fraction of sp³-hybridized carbons (Fsp3) is 0.176. The molecule has 0 amide bonds. The van der Waals surface area contributed by atoms with Crippen LogP contribution in [0, 0.1) is 13.8 Å². The molecule has 0 bridgehead atoms. The number of aromatic amines is 1. The minimum absolute atomic E-state index is 0.851. The summed E-state index contributed by atoms with van der Waals surface area (Å²) in [6.45, 7) is 5.13. The van der Waals surface area contributed by atoms with Crippen molar-refractivity contribution in [3.8, 4) is 0 Å². The lowest BCUT2D eigenvalue weighted by molar-refractivity contribution is 1.15. The van der Waals surface area contributed by atoms with Gasteiger partial charge in [0.25, 0.3) is 0 Å². The number of anilines is 1. The number of aromatic nitrogens is 1. The van der Waals surface area contributed by atoms with Crippen molar-refractivity contribution < 1.29 is 0 Å². The normalized spacial score (nSPS) is 10.8. The summed E-state index contributed by atoms with van der Waals surface area (Å²) in [4.78, 5) is 3.21. The fourth-order valence-electron chi connectivity index (χ4n) is 2.27. The topological polar surface area (TPSA) is 27.8 Å². The monoisotopic (exact) mass is 250 g/mol. The van der Waals surface area contributed by atoms with E-state index in [-0.39, 0.29) is 0 Å². The first kappa shape index (κ1) is 11.8. The van der Waals surface area contributed by atoms with Crippen LogP contribution in [0.5, 0.6) is 0 Å². The highest BCUT2D eigenvalue weighted by atomic mass is 14.9. The van der Waals surface area contributed by atoms with E-state index in [0.29, 0.717) is 0 Å². The second-order valence-electron chi connectivity index (χ2n) is 5.05. The molecule has 0 spiro atoms. The largest absolute Gasteiger partial charge is 0.381 e. The van der Waals surface area contributed by atoms with E-state index in [1.165, 1.54) is 33.3 Å². The Bertz CT molecular complexity index is 710. The SMILES string of the molecule is Cc1ccc(NCc2ccc3[nH]ccc3c2)cc1C. The Labute approximate surface area is 113 Å². The summed E-state index contributed by atoms with van der Waals surface area (Å²) >= 11 is 0. The molecule has 2 nitrogen and oxygen atoms in total. The molecule has 0 saturated carbocycles. The highest BCUT2D eigenvalue weighted by Crippen LogP contribution is 2.17. The van der Waals surface area contributed by atoms with Gasteiger partial charge in [-0.05, 0) is 66.3 Å². The van der Waals surface area contributed by atoms with Crippen molar-refractivity contribution in [3.63, 3.8) is 0 Å². The van der Waals surface area contributed by atoms with Gasteiger partial charge in [-0.3, -0.25) is 0 Å². The Balaban J connectivity index is 1.75. The quantitative estimate of drug-likeness (QED) is 0.708. The smallest absolute Gasteiger partial charge is 0.0454 e. The lowest BCUT2D eigenvalue weighted by Gasteiger charge is -2.09. The second-order valence-corrected chi connectivity index (χ2v) is 5.05. The third kappa shape index (κ3) is 2.48. The van der Waals surface area contributed by atoms with Crippen molar-refractivity contribution >= 4 is 16.6 Å². The van der Waals surface area contributed by atoms with Gasteiger partial charge < -0.3 is 10.3 Å². The first-order valence-electron chi connectivity index (χ1n) is 6.59. The molecule has 1 heterocycles. The number of hydrogen-bond acceptors (Lipinski definition) is 1. The lowest BCUT2D eigenvalue weighted by atomic mass is 10.1. The zero-order valence-corrected chi connectivity index (χ0v) is 11.3. The highest BCUT2D eigenvalue weighted by Gasteiger charge is 1.99. The Kier molecular flexibility index (Phi) is 3.00. The van der Waals surface area contributed by atoms with Crippen LogP contribution in [-0.4, -0.2) is 4.98 Å². The molecule has 0 atom stereocenters. The van der Waals surface area contributed by atoms with E-state index in [0.717, 1.165) is 6.54 Å². The van der Waals surface area contributed by atoms with E-state index in [1.54, 1.807) is 0 Å². The van der Waals surface area contributed by atoms with Crippen LogP contribution in [0.4, 0.5) is 5.69 Å². The third-order valence-corrected chi connectivity index (χ3v) is 3.62. The number of hydrogen-bond donors (Lipinski definition) is 2. The van der Waals surface area contributed by atoms with E-state index in [9.17, 15) is 0 Å². The molecule has 3 aromatic rings. The van der Waals surface area contributed by atoms with Crippen molar-refractivity contribution in [2.24, 2.45) is 0 Å². The maximum atomic E-state index is 3.48. The number of benzene rings is 2. The number of nitrogens with one attached hydrogen (secondary N) is 2. The van der Waals surface area contributed by atoms with Gasteiger partial charge in [-0.1, -0.05) is 12.1 Å². The molecular formula is C17H18N2. The van der Waals surface area contributed by atoms with E-state index in [4.69, 9.17) is 0 Å². The Morgan fingerprint density at radius 2 is 1.84 bits per heavy atom. The predicted molar refractivity (Wildman–Crippen MR) is 81.5 cm³/mol. The second kappa shape index (κ2) is 4.81. The van der Waals surface area contributed by atoms with Gasteiger partial charge in [-0.15, -0.1) is 0 Å². The molecule has 0 saturated heterocycles. The third-order valence-electron chi connectivity index (χ3n) is 3.62. The van der Waals surface area contributed by atoms with Crippen molar-refractivity contribution in [2.45, 2.75) is 20.4 Å². The van der Waals surface area contributed by atoms with E-state index < -0.39 is 0 Å². The van der Waals surface area contributed by atoms with Gasteiger partial charge in [0.1, 0.15) is 0 Å². The molecule has 3 rings (SSSR count). The van der Waals surface area contributed by atoms with Crippen LogP contribution < -0.4 is 5.32 Å². The van der Waals surface area contributed by atoms with Crippen molar-refractivity contribution in [1.82, 2.24) is 4.98 Å². The molecule has 1 aromatic heterocycles. The molecule has 19 heavy (non-hydrogen) atoms. The highest BCUT2D eigenvalue weighted by molar-refractivity contribution is 5.79. The predicted octanol–water partition coefficient (Wildman–Crippen LogP) is 4.40. The zero-order chi connectivity index (χ0) is 13.2. The van der Waals surface area contributed by atoms with Crippen LogP contribution in [0.1, 0.15) is 16.7 Å². The molecular weight excluding hydrogens is 232 g/mol. The van der Waals surface area contributed by atoms with Crippen LogP contribution in [-0.2, 0) is 6.54 Å². The van der Waals surface area contributed by atoms with Crippen LogP contribution >= 0.6 is 0 Å². The standard InChI is InChI=1S/C17H18N2/c1-12-3-5-16(9-13(12)2)19-11-14-4-6-17-15(10-14)7-8-18-17/h3-10,18-19H,11H2,1-2H3. The molecule has 0 aliphatic heterocycles. The first-order chi connectivity index (χ1) is 9.22. The first-order valence-corrected chi connectivity index (χ1v) is 6.59. The molecule has 0 aliphatic rings. The fourth-order valence-corrected chi connectivity index (χ4v) is 2.27. The summed E-state index contributed by atoms with van der Waals surface area (Å²) in [5, 5.41) is 4.74. The van der Waals surface area contributed by atoms with Gasteiger partial charge in [0.2, 0.25) is 0 Å². The van der Waals surface area contributed by atoms with E-state index in [2.05, 4.69) is 66.6 Å². The Morgan fingerprint density at radius 1 is 0.947 bits per heavy atom. The van der Waals surface area contributed by atoms with Crippen molar-refractivity contribution in [1.29, 1.82) is 0 Å².